The van der Waals surface area contributed by atoms with E-state index in [4.69, 9.17) is 18.9 Å². The average molecular weight is 647 g/mol. The number of ether oxygens (including phenoxy) is 4. The molecule has 0 heterocycles. The number of nitrogens with one attached hydrogen (secondary N) is 2. The summed E-state index contributed by atoms with van der Waals surface area (Å²) >= 11 is 4.07. The van der Waals surface area contributed by atoms with Crippen LogP contribution in [-0.2, 0) is 41.5 Å². The second-order valence-corrected chi connectivity index (χ2v) is 11.6. The molecule has 0 spiro atoms. The lowest BCUT2D eigenvalue weighted by Crippen LogP contribution is -2.24. The van der Waals surface area contributed by atoms with Gasteiger partial charge in [-0.1, -0.05) is 54.1 Å². The third-order valence-electron chi connectivity index (χ3n) is 7.57. The fourth-order valence-electron chi connectivity index (χ4n) is 4.99. The molecule has 0 saturated heterocycles. The van der Waals surface area contributed by atoms with E-state index in [-0.39, 0.29) is 18.2 Å². The highest BCUT2D eigenvalue weighted by atomic mass is 32.1. The van der Waals surface area contributed by atoms with Gasteiger partial charge in [0.1, 0.15) is 0 Å². The Morgan fingerprint density at radius 3 is 2.04 bits per heavy atom. The zero-order valence-corrected chi connectivity index (χ0v) is 27.6. The number of amides is 2. The van der Waals surface area contributed by atoms with Crippen LogP contribution < -0.4 is 10.6 Å². The predicted molar refractivity (Wildman–Crippen MR) is 186 cm³/mol. The topological polar surface area (TPSA) is 95.1 Å². The molecule has 0 radical (unpaired) electrons. The van der Waals surface area contributed by atoms with E-state index < -0.39 is 0 Å². The zero-order valence-electron chi connectivity index (χ0n) is 26.7. The van der Waals surface area contributed by atoms with Gasteiger partial charge in [0.15, 0.2) is 0 Å². The first kappa shape index (κ1) is 35.4. The molecule has 0 atom stereocenters. The second-order valence-electron chi connectivity index (χ2n) is 11.2. The van der Waals surface area contributed by atoms with Crippen LogP contribution in [0.1, 0.15) is 41.5 Å². The lowest BCUT2D eigenvalue weighted by atomic mass is 9.97. The van der Waals surface area contributed by atoms with Crippen molar-refractivity contribution < 1.29 is 28.5 Å². The van der Waals surface area contributed by atoms with Crippen LogP contribution in [-0.4, -0.2) is 70.4 Å². The monoisotopic (exact) mass is 646 g/mol. The molecule has 0 saturated carbocycles. The highest BCUT2D eigenvalue weighted by Gasteiger charge is 2.16. The van der Waals surface area contributed by atoms with Crippen LogP contribution in [0.4, 0.5) is 5.69 Å². The number of rotatable bonds is 19. The molecule has 9 heteroatoms. The summed E-state index contributed by atoms with van der Waals surface area (Å²) in [6.45, 7) is 6.39. The fraction of sp³-hybridized carbons (Fsp3) is 0.405. The van der Waals surface area contributed by atoms with Gasteiger partial charge in [-0.3, -0.25) is 9.59 Å². The maximum Gasteiger partial charge on any atom is 0.251 e. The zero-order chi connectivity index (χ0) is 32.4. The van der Waals surface area contributed by atoms with Gasteiger partial charge in [-0.05, 0) is 78.3 Å². The van der Waals surface area contributed by atoms with Crippen molar-refractivity contribution in [3.8, 4) is 11.1 Å². The minimum atomic E-state index is -0.0852. The molecule has 246 valence electrons. The van der Waals surface area contributed by atoms with Crippen molar-refractivity contribution in [3.05, 3.63) is 94.6 Å². The van der Waals surface area contributed by atoms with E-state index in [1.807, 2.05) is 30.3 Å². The lowest BCUT2D eigenvalue weighted by molar-refractivity contribution is -0.122. The summed E-state index contributed by atoms with van der Waals surface area (Å²) in [7, 11) is 0. The van der Waals surface area contributed by atoms with E-state index in [0.717, 1.165) is 47.2 Å². The molecule has 0 aromatic heterocycles. The van der Waals surface area contributed by atoms with Crippen LogP contribution in [0.3, 0.4) is 0 Å². The second kappa shape index (κ2) is 19.9. The van der Waals surface area contributed by atoms with Crippen molar-refractivity contribution in [2.24, 2.45) is 0 Å². The largest absolute Gasteiger partial charge is 0.379 e. The predicted octanol–water partition coefficient (Wildman–Crippen LogP) is 6.02. The van der Waals surface area contributed by atoms with Crippen molar-refractivity contribution in [3.63, 3.8) is 0 Å². The molecule has 2 amide bonds. The van der Waals surface area contributed by atoms with Crippen LogP contribution in [0.15, 0.2) is 72.3 Å². The Labute approximate surface area is 278 Å². The smallest absolute Gasteiger partial charge is 0.251 e. The molecule has 0 fully saturated rings. The lowest BCUT2D eigenvalue weighted by Gasteiger charge is -2.10. The normalized spacial score (nSPS) is 12.6. The van der Waals surface area contributed by atoms with Crippen molar-refractivity contribution in [2.45, 2.75) is 39.2 Å². The molecule has 2 N–H and O–H groups in total. The van der Waals surface area contributed by atoms with Crippen LogP contribution in [0.2, 0.25) is 0 Å². The highest BCUT2D eigenvalue weighted by molar-refractivity contribution is 7.80. The summed E-state index contributed by atoms with van der Waals surface area (Å²) in [5.41, 5.74) is 8.37. The summed E-state index contributed by atoms with van der Waals surface area (Å²) in [5.74, 6) is 0.533. The number of fused-ring (bicyclic) bond motifs is 1. The SMILES string of the molecule is Cc1ccc(-c2ccc3c(c2)C=C(C(=O)Nc2ccc(CNC(=O)CCOCCOCCOCCOCCS)cc2)CCC3)cc1. The molecule has 0 aliphatic heterocycles. The Balaban J connectivity index is 1.13. The Kier molecular flexibility index (Phi) is 15.3. The maximum absolute atomic E-state index is 13.2. The molecule has 1 aliphatic carbocycles. The van der Waals surface area contributed by atoms with Gasteiger partial charge in [-0.2, -0.15) is 12.6 Å². The van der Waals surface area contributed by atoms with Crippen LogP contribution in [0, 0.1) is 6.92 Å². The first-order valence-corrected chi connectivity index (χ1v) is 16.6. The van der Waals surface area contributed by atoms with Gasteiger partial charge in [0.05, 0.1) is 52.9 Å². The first-order chi connectivity index (χ1) is 22.5. The summed E-state index contributed by atoms with van der Waals surface area (Å²) in [4.78, 5) is 25.4. The number of hydrogen-bond donors (Lipinski definition) is 3. The molecule has 3 aromatic carbocycles. The standard InChI is InChI=1S/C37H46N2O6S/c1-28-5-9-31(10-6-28)32-12-11-30-3-2-4-33(26-34(30)25-32)37(41)39-35-13-7-29(8-14-35)27-38-36(40)15-16-42-17-18-43-19-20-44-21-22-45-23-24-46/h5-14,25-26,46H,2-4,15-24,27H2,1H3,(H,38,40)(H,39,41). The molecule has 1 aliphatic rings. The first-order valence-electron chi connectivity index (χ1n) is 16.0. The minimum absolute atomic E-state index is 0.0843. The van der Waals surface area contributed by atoms with Crippen LogP contribution in [0.25, 0.3) is 17.2 Å². The molecular weight excluding hydrogens is 600 g/mol. The van der Waals surface area contributed by atoms with E-state index in [2.05, 4.69) is 72.7 Å². The third-order valence-corrected chi connectivity index (χ3v) is 7.75. The Bertz CT molecular complexity index is 1410. The number of benzene rings is 3. The number of anilines is 1. The summed E-state index contributed by atoms with van der Waals surface area (Å²) < 4.78 is 21.6. The van der Waals surface area contributed by atoms with Gasteiger partial charge in [0, 0.05) is 30.0 Å². The molecule has 0 unspecified atom stereocenters. The molecule has 0 bridgehead atoms. The quantitative estimate of drug-likeness (QED) is 0.109. The maximum atomic E-state index is 13.2. The number of carbonyl (C=O) groups excluding carboxylic acids is 2. The van der Waals surface area contributed by atoms with Gasteiger partial charge in [0.2, 0.25) is 5.91 Å². The highest BCUT2D eigenvalue weighted by Crippen LogP contribution is 2.29. The van der Waals surface area contributed by atoms with Gasteiger partial charge < -0.3 is 29.6 Å². The molecular formula is C37H46N2O6S. The van der Waals surface area contributed by atoms with Gasteiger partial charge in [-0.25, -0.2) is 0 Å². The van der Waals surface area contributed by atoms with Crippen molar-refractivity contribution >= 4 is 36.2 Å². The third kappa shape index (κ3) is 12.4. The molecule has 3 aromatic rings. The van der Waals surface area contributed by atoms with E-state index >= 15 is 0 Å². The molecule has 4 rings (SSSR count). The van der Waals surface area contributed by atoms with Crippen molar-refractivity contribution in [1.29, 1.82) is 0 Å². The van der Waals surface area contributed by atoms with E-state index in [0.29, 0.717) is 65.2 Å². The Morgan fingerprint density at radius 1 is 0.739 bits per heavy atom. The Morgan fingerprint density at radius 2 is 1.37 bits per heavy atom. The molecule has 46 heavy (non-hydrogen) atoms. The fourth-order valence-corrected chi connectivity index (χ4v) is 5.12. The van der Waals surface area contributed by atoms with Crippen LogP contribution >= 0.6 is 12.6 Å². The molecule has 8 nitrogen and oxygen atoms in total. The minimum Gasteiger partial charge on any atom is -0.379 e. The van der Waals surface area contributed by atoms with Crippen molar-refractivity contribution in [1.82, 2.24) is 5.32 Å². The Hall–Kier alpha value is -3.47. The van der Waals surface area contributed by atoms with Crippen molar-refractivity contribution in [2.75, 3.05) is 63.9 Å². The van der Waals surface area contributed by atoms with E-state index in [9.17, 15) is 9.59 Å². The summed E-state index contributed by atoms with van der Waals surface area (Å²) in [6.07, 6.45) is 4.91. The van der Waals surface area contributed by atoms with Gasteiger partial charge in [0.25, 0.3) is 5.91 Å². The van der Waals surface area contributed by atoms with Gasteiger partial charge in [-0.15, -0.1) is 0 Å². The summed E-state index contributed by atoms with van der Waals surface area (Å²) in [5, 5.41) is 5.96. The van der Waals surface area contributed by atoms with E-state index in [1.165, 1.54) is 16.7 Å². The summed E-state index contributed by atoms with van der Waals surface area (Å²) in [6, 6.07) is 22.6. The van der Waals surface area contributed by atoms with Gasteiger partial charge >= 0.3 is 0 Å². The average Bonchev–Trinajstić information content (AvgIpc) is 3.29. The number of carbonyl (C=O) groups is 2. The number of aryl methyl sites for hydroxylation is 2. The van der Waals surface area contributed by atoms with E-state index in [1.54, 1.807) is 0 Å². The van der Waals surface area contributed by atoms with Crippen LogP contribution in [0.5, 0.6) is 0 Å². The number of thiol groups is 1. The number of hydrogen-bond acceptors (Lipinski definition) is 7.